The first-order valence-corrected chi connectivity index (χ1v) is 10.0. The highest BCUT2D eigenvalue weighted by atomic mass is 32.1. The number of thiazole rings is 1. The van der Waals surface area contributed by atoms with Gasteiger partial charge in [-0.1, -0.05) is 36.4 Å². The highest BCUT2D eigenvalue weighted by molar-refractivity contribution is 7.14. The fraction of sp³-hybridized carbons (Fsp3) is 0.227. The van der Waals surface area contributed by atoms with E-state index in [1.165, 1.54) is 18.3 Å². The van der Waals surface area contributed by atoms with E-state index in [1.807, 2.05) is 54.8 Å². The Labute approximate surface area is 173 Å². The molecule has 7 heteroatoms. The number of anilines is 1. The summed E-state index contributed by atoms with van der Waals surface area (Å²) in [6, 6.07) is 13.6. The molecule has 29 heavy (non-hydrogen) atoms. The zero-order valence-electron chi connectivity index (χ0n) is 16.6. The van der Waals surface area contributed by atoms with Gasteiger partial charge in [-0.15, -0.1) is 11.3 Å². The Hall–Kier alpha value is -3.19. The maximum Gasteiger partial charge on any atom is 0.230 e. The fourth-order valence-electron chi connectivity index (χ4n) is 2.81. The molecule has 0 saturated heterocycles. The van der Waals surface area contributed by atoms with Crippen LogP contribution < -0.4 is 15.4 Å². The molecule has 0 fully saturated rings. The van der Waals surface area contributed by atoms with Crippen LogP contribution in [-0.2, 0) is 22.6 Å². The van der Waals surface area contributed by atoms with Crippen LogP contribution in [0.25, 0.3) is 11.3 Å². The molecule has 150 valence electrons. The zero-order valence-corrected chi connectivity index (χ0v) is 17.4. The van der Waals surface area contributed by atoms with Crippen molar-refractivity contribution < 1.29 is 14.3 Å². The number of benzene rings is 2. The van der Waals surface area contributed by atoms with Gasteiger partial charge in [-0.3, -0.25) is 9.59 Å². The maximum absolute atomic E-state index is 12.4. The zero-order chi connectivity index (χ0) is 20.8. The SMILES string of the molecule is COc1cc(CC(=O)Nc2nc(-c3ccc(CNC(C)=O)cc3)cs2)ccc1C. The van der Waals surface area contributed by atoms with Gasteiger partial charge >= 0.3 is 0 Å². The summed E-state index contributed by atoms with van der Waals surface area (Å²) in [5, 5.41) is 8.10. The summed E-state index contributed by atoms with van der Waals surface area (Å²) in [6.45, 7) is 3.96. The monoisotopic (exact) mass is 409 g/mol. The number of hydrogen-bond donors (Lipinski definition) is 2. The van der Waals surface area contributed by atoms with Crippen LogP contribution in [0.15, 0.2) is 47.8 Å². The first-order chi connectivity index (χ1) is 13.9. The molecule has 1 aromatic heterocycles. The van der Waals surface area contributed by atoms with E-state index in [2.05, 4.69) is 15.6 Å². The number of aromatic nitrogens is 1. The Morgan fingerprint density at radius 2 is 1.83 bits per heavy atom. The Kier molecular flexibility index (Phi) is 6.61. The normalized spacial score (nSPS) is 10.4. The third-order valence-corrected chi connectivity index (χ3v) is 5.14. The number of methoxy groups -OCH3 is 1. The van der Waals surface area contributed by atoms with E-state index >= 15 is 0 Å². The number of aryl methyl sites for hydroxylation is 1. The molecular formula is C22H23N3O3S. The van der Waals surface area contributed by atoms with Crippen molar-refractivity contribution in [1.29, 1.82) is 0 Å². The molecule has 0 saturated carbocycles. The third kappa shape index (κ3) is 5.65. The average Bonchev–Trinajstić information content (AvgIpc) is 3.16. The largest absolute Gasteiger partial charge is 0.496 e. The van der Waals surface area contributed by atoms with Crippen molar-refractivity contribution in [3.05, 3.63) is 64.5 Å². The minimum Gasteiger partial charge on any atom is -0.496 e. The quantitative estimate of drug-likeness (QED) is 0.619. The Balaban J connectivity index is 1.61. The van der Waals surface area contributed by atoms with Gasteiger partial charge in [0, 0.05) is 24.4 Å². The second-order valence-corrected chi connectivity index (χ2v) is 7.53. The number of nitrogens with zero attached hydrogens (tertiary/aromatic N) is 1. The minimum absolute atomic E-state index is 0.0574. The number of rotatable bonds is 7. The average molecular weight is 410 g/mol. The highest BCUT2D eigenvalue weighted by Crippen LogP contribution is 2.25. The lowest BCUT2D eigenvalue weighted by Gasteiger charge is -2.07. The van der Waals surface area contributed by atoms with Crippen LogP contribution in [0, 0.1) is 6.92 Å². The van der Waals surface area contributed by atoms with Crippen LogP contribution in [0.3, 0.4) is 0 Å². The summed E-state index contributed by atoms with van der Waals surface area (Å²) in [5.74, 6) is 0.592. The van der Waals surface area contributed by atoms with E-state index in [-0.39, 0.29) is 18.2 Å². The summed E-state index contributed by atoms with van der Waals surface area (Å²) in [5.41, 5.74) is 4.69. The number of carbonyl (C=O) groups is 2. The van der Waals surface area contributed by atoms with Gasteiger partial charge in [0.15, 0.2) is 5.13 Å². The number of amides is 2. The molecular weight excluding hydrogens is 386 g/mol. The highest BCUT2D eigenvalue weighted by Gasteiger charge is 2.10. The van der Waals surface area contributed by atoms with E-state index in [4.69, 9.17) is 4.74 Å². The lowest BCUT2D eigenvalue weighted by molar-refractivity contribution is -0.119. The molecule has 3 rings (SSSR count). The molecule has 2 aromatic carbocycles. The summed E-state index contributed by atoms with van der Waals surface area (Å²) >= 11 is 1.39. The first kappa shape index (κ1) is 20.5. The van der Waals surface area contributed by atoms with Crippen molar-refractivity contribution in [1.82, 2.24) is 10.3 Å². The van der Waals surface area contributed by atoms with E-state index in [1.54, 1.807) is 7.11 Å². The fourth-order valence-corrected chi connectivity index (χ4v) is 3.54. The van der Waals surface area contributed by atoms with Gasteiger partial charge in [-0.25, -0.2) is 4.98 Å². The number of hydrogen-bond acceptors (Lipinski definition) is 5. The number of carbonyl (C=O) groups excluding carboxylic acids is 2. The van der Waals surface area contributed by atoms with Gasteiger partial charge < -0.3 is 15.4 Å². The van der Waals surface area contributed by atoms with Crippen LogP contribution in [0.5, 0.6) is 5.75 Å². The van der Waals surface area contributed by atoms with Gasteiger partial charge in [-0.05, 0) is 29.7 Å². The van der Waals surface area contributed by atoms with Crippen LogP contribution in [0.2, 0.25) is 0 Å². The Morgan fingerprint density at radius 3 is 2.52 bits per heavy atom. The molecule has 0 aliphatic heterocycles. The van der Waals surface area contributed by atoms with Crippen molar-refractivity contribution in [3.8, 4) is 17.0 Å². The number of ether oxygens (including phenoxy) is 1. The van der Waals surface area contributed by atoms with Gasteiger partial charge in [0.05, 0.1) is 19.2 Å². The second kappa shape index (κ2) is 9.34. The van der Waals surface area contributed by atoms with Crippen LogP contribution in [-0.4, -0.2) is 23.9 Å². The Morgan fingerprint density at radius 1 is 1.10 bits per heavy atom. The minimum atomic E-state index is -0.123. The smallest absolute Gasteiger partial charge is 0.230 e. The van der Waals surface area contributed by atoms with Crippen molar-refractivity contribution >= 4 is 28.3 Å². The molecule has 2 N–H and O–H groups in total. The van der Waals surface area contributed by atoms with E-state index in [0.717, 1.165) is 33.7 Å². The topological polar surface area (TPSA) is 80.3 Å². The van der Waals surface area contributed by atoms with Gasteiger partial charge in [0.2, 0.25) is 11.8 Å². The first-order valence-electron chi connectivity index (χ1n) is 9.17. The van der Waals surface area contributed by atoms with Crippen LogP contribution in [0.1, 0.15) is 23.6 Å². The predicted octanol–water partition coefficient (Wildman–Crippen LogP) is 3.94. The summed E-state index contributed by atoms with van der Waals surface area (Å²) < 4.78 is 5.31. The van der Waals surface area contributed by atoms with Crippen molar-refractivity contribution in [2.45, 2.75) is 26.8 Å². The molecule has 0 unspecified atom stereocenters. The molecule has 0 bridgehead atoms. The molecule has 2 amide bonds. The maximum atomic E-state index is 12.4. The summed E-state index contributed by atoms with van der Waals surface area (Å²) in [6.07, 6.45) is 0.253. The molecule has 0 aliphatic rings. The summed E-state index contributed by atoms with van der Waals surface area (Å²) in [4.78, 5) is 27.9. The standard InChI is InChI=1S/C22H23N3O3S/c1-14-4-5-17(10-20(14)28-3)11-21(27)25-22-24-19(13-29-22)18-8-6-16(7-9-18)12-23-15(2)26/h4-10,13H,11-12H2,1-3H3,(H,23,26)(H,24,25,27). The molecule has 6 nitrogen and oxygen atoms in total. The second-order valence-electron chi connectivity index (χ2n) is 6.67. The van der Waals surface area contributed by atoms with E-state index in [0.29, 0.717) is 11.7 Å². The summed E-state index contributed by atoms with van der Waals surface area (Å²) in [7, 11) is 1.62. The molecule has 1 heterocycles. The Bertz CT molecular complexity index is 1010. The third-order valence-electron chi connectivity index (χ3n) is 4.38. The molecule has 0 atom stereocenters. The van der Waals surface area contributed by atoms with Crippen LogP contribution >= 0.6 is 11.3 Å². The van der Waals surface area contributed by atoms with E-state index < -0.39 is 0 Å². The van der Waals surface area contributed by atoms with Crippen LogP contribution in [0.4, 0.5) is 5.13 Å². The molecule has 0 aliphatic carbocycles. The van der Waals surface area contributed by atoms with Crippen molar-refractivity contribution in [2.24, 2.45) is 0 Å². The van der Waals surface area contributed by atoms with Gasteiger partial charge in [0.1, 0.15) is 5.75 Å². The number of nitrogens with one attached hydrogen (secondary N) is 2. The van der Waals surface area contributed by atoms with E-state index in [9.17, 15) is 9.59 Å². The van der Waals surface area contributed by atoms with Crippen molar-refractivity contribution in [3.63, 3.8) is 0 Å². The lowest BCUT2D eigenvalue weighted by Crippen LogP contribution is -2.18. The molecule has 0 spiro atoms. The predicted molar refractivity (Wildman–Crippen MR) is 115 cm³/mol. The van der Waals surface area contributed by atoms with Gasteiger partial charge in [0.25, 0.3) is 0 Å². The molecule has 0 radical (unpaired) electrons. The van der Waals surface area contributed by atoms with Crippen molar-refractivity contribution in [2.75, 3.05) is 12.4 Å². The van der Waals surface area contributed by atoms with Gasteiger partial charge in [-0.2, -0.15) is 0 Å². The lowest BCUT2D eigenvalue weighted by atomic mass is 10.1. The molecule has 3 aromatic rings.